The zero-order chi connectivity index (χ0) is 19.8. The SMILES string of the molecule is O=C1c2ccccc2C(=O)N1C1=CC(c2ccccc2)OC(c2ccccc2)=C1. The first-order valence-electron chi connectivity index (χ1n) is 9.41. The lowest BCUT2D eigenvalue weighted by molar-refractivity contribution is 0.0704. The summed E-state index contributed by atoms with van der Waals surface area (Å²) in [4.78, 5) is 27.2. The molecule has 0 spiro atoms. The molecule has 2 aliphatic rings. The molecular formula is C25H17NO3. The summed E-state index contributed by atoms with van der Waals surface area (Å²) in [5.74, 6) is -0.00282. The first-order valence-corrected chi connectivity index (χ1v) is 9.41. The standard InChI is InChI=1S/C25H17NO3/c27-24-20-13-7-8-14-21(20)25(28)26(24)19-15-22(17-9-3-1-4-10-17)29-23(16-19)18-11-5-2-6-12-18/h1-16,22H. The predicted octanol–water partition coefficient (Wildman–Crippen LogP) is 4.98. The van der Waals surface area contributed by atoms with Crippen LogP contribution in [0.15, 0.2) is 103 Å². The fourth-order valence-electron chi connectivity index (χ4n) is 3.67. The van der Waals surface area contributed by atoms with Gasteiger partial charge in [0.05, 0.1) is 16.8 Å². The van der Waals surface area contributed by atoms with Crippen LogP contribution in [0.3, 0.4) is 0 Å². The molecule has 5 rings (SSSR count). The van der Waals surface area contributed by atoms with E-state index in [1.54, 1.807) is 30.3 Å². The average Bonchev–Trinajstić information content (AvgIpc) is 3.05. The normalized spacial score (nSPS) is 18.1. The second kappa shape index (κ2) is 6.91. The number of hydrogen-bond donors (Lipinski definition) is 0. The van der Waals surface area contributed by atoms with Gasteiger partial charge in [-0.15, -0.1) is 0 Å². The zero-order valence-corrected chi connectivity index (χ0v) is 15.5. The van der Waals surface area contributed by atoms with Gasteiger partial charge >= 0.3 is 0 Å². The fraction of sp³-hybridized carbons (Fsp3) is 0.0400. The predicted molar refractivity (Wildman–Crippen MR) is 110 cm³/mol. The van der Waals surface area contributed by atoms with Crippen molar-refractivity contribution in [2.24, 2.45) is 0 Å². The number of fused-ring (bicyclic) bond motifs is 1. The molecule has 3 aromatic rings. The van der Waals surface area contributed by atoms with Gasteiger partial charge < -0.3 is 4.74 Å². The minimum atomic E-state index is -0.407. The van der Waals surface area contributed by atoms with Crippen LogP contribution in [0, 0.1) is 0 Å². The molecule has 2 amide bonds. The Hall–Kier alpha value is -3.92. The number of carbonyl (C=O) groups is 2. The highest BCUT2D eigenvalue weighted by atomic mass is 16.5. The summed E-state index contributed by atoms with van der Waals surface area (Å²) in [5.41, 5.74) is 3.21. The molecule has 0 radical (unpaired) electrons. The summed E-state index contributed by atoms with van der Waals surface area (Å²) in [6.45, 7) is 0. The summed E-state index contributed by atoms with van der Waals surface area (Å²) >= 11 is 0. The van der Waals surface area contributed by atoms with E-state index in [-0.39, 0.29) is 11.8 Å². The van der Waals surface area contributed by atoms with Crippen LogP contribution in [0.1, 0.15) is 37.9 Å². The molecule has 0 aromatic heterocycles. The second-order valence-electron chi connectivity index (χ2n) is 6.91. The monoisotopic (exact) mass is 379 g/mol. The molecule has 2 aliphatic heterocycles. The van der Waals surface area contributed by atoms with Crippen LogP contribution in [-0.2, 0) is 4.74 Å². The summed E-state index contributed by atoms with van der Waals surface area (Å²) in [7, 11) is 0. The Bertz CT molecular complexity index is 1130. The highest BCUT2D eigenvalue weighted by molar-refractivity contribution is 6.22. The van der Waals surface area contributed by atoms with Crippen molar-refractivity contribution in [2.45, 2.75) is 6.10 Å². The van der Waals surface area contributed by atoms with Crippen molar-refractivity contribution in [1.29, 1.82) is 0 Å². The van der Waals surface area contributed by atoms with Gasteiger partial charge in [0.15, 0.2) is 0 Å². The van der Waals surface area contributed by atoms with E-state index in [0.29, 0.717) is 22.6 Å². The zero-order valence-electron chi connectivity index (χ0n) is 15.5. The topological polar surface area (TPSA) is 46.6 Å². The van der Waals surface area contributed by atoms with E-state index in [0.717, 1.165) is 11.1 Å². The molecular weight excluding hydrogens is 362 g/mol. The van der Waals surface area contributed by atoms with Crippen molar-refractivity contribution in [3.8, 4) is 0 Å². The molecule has 140 valence electrons. The van der Waals surface area contributed by atoms with Crippen LogP contribution in [0.5, 0.6) is 0 Å². The lowest BCUT2D eigenvalue weighted by Crippen LogP contribution is -2.30. The Morgan fingerprint density at radius 1 is 0.690 bits per heavy atom. The van der Waals surface area contributed by atoms with Crippen molar-refractivity contribution < 1.29 is 14.3 Å². The molecule has 29 heavy (non-hydrogen) atoms. The van der Waals surface area contributed by atoms with E-state index in [4.69, 9.17) is 4.74 Å². The van der Waals surface area contributed by atoms with Crippen molar-refractivity contribution in [3.63, 3.8) is 0 Å². The van der Waals surface area contributed by atoms with Crippen molar-refractivity contribution in [2.75, 3.05) is 0 Å². The Labute approximate surface area is 168 Å². The molecule has 4 heteroatoms. The third-order valence-corrected chi connectivity index (χ3v) is 5.09. The van der Waals surface area contributed by atoms with Crippen LogP contribution in [0.2, 0.25) is 0 Å². The van der Waals surface area contributed by atoms with Crippen LogP contribution in [0.4, 0.5) is 0 Å². The number of nitrogens with zero attached hydrogens (tertiary/aromatic N) is 1. The van der Waals surface area contributed by atoms with Crippen LogP contribution in [-0.4, -0.2) is 16.7 Å². The van der Waals surface area contributed by atoms with Gasteiger partial charge in [0.25, 0.3) is 11.8 Å². The molecule has 4 nitrogen and oxygen atoms in total. The minimum Gasteiger partial charge on any atom is -0.481 e. The molecule has 2 heterocycles. The number of rotatable bonds is 3. The van der Waals surface area contributed by atoms with Crippen molar-refractivity contribution in [1.82, 2.24) is 4.90 Å². The maximum atomic E-state index is 13.0. The van der Waals surface area contributed by atoms with Crippen molar-refractivity contribution >= 4 is 17.6 Å². The van der Waals surface area contributed by atoms with Gasteiger partial charge in [0, 0.05) is 11.6 Å². The maximum Gasteiger partial charge on any atom is 0.266 e. The highest BCUT2D eigenvalue weighted by Gasteiger charge is 2.38. The van der Waals surface area contributed by atoms with E-state index >= 15 is 0 Å². The molecule has 1 atom stereocenters. The van der Waals surface area contributed by atoms with E-state index in [9.17, 15) is 9.59 Å². The minimum absolute atomic E-state index is 0.311. The maximum absolute atomic E-state index is 13.0. The number of carbonyl (C=O) groups excluding carboxylic acids is 2. The summed E-state index contributed by atoms with van der Waals surface area (Å²) < 4.78 is 6.23. The Balaban J connectivity index is 1.61. The first-order chi connectivity index (χ1) is 14.2. The first kappa shape index (κ1) is 17.2. The summed E-state index contributed by atoms with van der Waals surface area (Å²) in [6, 6.07) is 26.3. The van der Waals surface area contributed by atoms with E-state index in [1.165, 1.54) is 4.90 Å². The second-order valence-corrected chi connectivity index (χ2v) is 6.91. The van der Waals surface area contributed by atoms with Gasteiger partial charge in [0.2, 0.25) is 0 Å². The number of ether oxygens (including phenoxy) is 1. The van der Waals surface area contributed by atoms with E-state index in [1.807, 2.05) is 66.7 Å². The molecule has 0 saturated carbocycles. The largest absolute Gasteiger partial charge is 0.481 e. The number of amides is 2. The molecule has 0 saturated heterocycles. The van der Waals surface area contributed by atoms with E-state index in [2.05, 4.69) is 0 Å². The van der Waals surface area contributed by atoms with Gasteiger partial charge in [-0.3, -0.25) is 9.59 Å². The highest BCUT2D eigenvalue weighted by Crippen LogP contribution is 2.36. The third-order valence-electron chi connectivity index (χ3n) is 5.09. The van der Waals surface area contributed by atoms with Crippen LogP contribution < -0.4 is 0 Å². The quantitative estimate of drug-likeness (QED) is 0.603. The molecule has 0 fully saturated rings. The lowest BCUT2D eigenvalue weighted by Gasteiger charge is -2.27. The fourth-order valence-corrected chi connectivity index (χ4v) is 3.67. The molecule has 0 bridgehead atoms. The molecule has 0 N–H and O–H groups in total. The Kier molecular flexibility index (Phi) is 4.10. The number of benzene rings is 3. The van der Waals surface area contributed by atoms with Gasteiger partial charge in [0.1, 0.15) is 11.9 Å². The Morgan fingerprint density at radius 3 is 1.86 bits per heavy atom. The van der Waals surface area contributed by atoms with E-state index < -0.39 is 6.10 Å². The number of imide groups is 1. The summed E-state index contributed by atoms with van der Waals surface area (Å²) in [6.07, 6.45) is 3.18. The molecule has 0 aliphatic carbocycles. The number of hydrogen-bond acceptors (Lipinski definition) is 3. The van der Waals surface area contributed by atoms with Crippen LogP contribution in [0.25, 0.3) is 5.76 Å². The Morgan fingerprint density at radius 2 is 1.24 bits per heavy atom. The molecule has 3 aromatic carbocycles. The number of allylic oxidation sites excluding steroid dienone is 1. The van der Waals surface area contributed by atoms with Gasteiger partial charge in [-0.05, 0) is 23.8 Å². The summed E-state index contributed by atoms with van der Waals surface area (Å²) in [5, 5.41) is 0. The van der Waals surface area contributed by atoms with Gasteiger partial charge in [-0.25, -0.2) is 4.90 Å². The average molecular weight is 379 g/mol. The smallest absolute Gasteiger partial charge is 0.266 e. The van der Waals surface area contributed by atoms with Crippen LogP contribution >= 0.6 is 0 Å². The van der Waals surface area contributed by atoms with Gasteiger partial charge in [-0.2, -0.15) is 0 Å². The van der Waals surface area contributed by atoms with Crippen molar-refractivity contribution in [3.05, 3.63) is 125 Å². The van der Waals surface area contributed by atoms with Gasteiger partial charge in [-0.1, -0.05) is 72.8 Å². The molecule has 1 unspecified atom stereocenters. The third kappa shape index (κ3) is 2.95. The lowest BCUT2D eigenvalue weighted by atomic mass is 10.0.